The minimum Gasteiger partial charge on any atom is -0.342 e. The SMILES string of the molecule is CN1C(=O)CCC(C(=O)N2CCC(N)C(C)(C)C2)C1c1cnn(C)c1. The maximum absolute atomic E-state index is 13.3. The van der Waals surface area contributed by atoms with Gasteiger partial charge >= 0.3 is 0 Å². The number of likely N-dealkylation sites (tertiary alicyclic amines) is 2. The fourth-order valence-corrected chi connectivity index (χ4v) is 4.14. The van der Waals surface area contributed by atoms with Gasteiger partial charge in [0.2, 0.25) is 11.8 Å². The Morgan fingerprint density at radius 1 is 1.32 bits per heavy atom. The highest BCUT2D eigenvalue weighted by Crippen LogP contribution is 2.38. The number of aryl methyl sites for hydroxylation is 1. The minimum atomic E-state index is -0.249. The van der Waals surface area contributed by atoms with E-state index in [4.69, 9.17) is 5.73 Å². The van der Waals surface area contributed by atoms with Crippen LogP contribution in [0.4, 0.5) is 0 Å². The van der Waals surface area contributed by atoms with Gasteiger partial charge in [-0.1, -0.05) is 13.8 Å². The summed E-state index contributed by atoms with van der Waals surface area (Å²) in [5.41, 5.74) is 7.04. The molecule has 0 aliphatic carbocycles. The third-order valence-corrected chi connectivity index (χ3v) is 5.87. The van der Waals surface area contributed by atoms with E-state index in [1.54, 1.807) is 22.8 Å². The quantitative estimate of drug-likeness (QED) is 0.862. The summed E-state index contributed by atoms with van der Waals surface area (Å²) in [6.45, 7) is 5.59. The summed E-state index contributed by atoms with van der Waals surface area (Å²) in [7, 11) is 3.63. The summed E-state index contributed by atoms with van der Waals surface area (Å²) in [6, 6.07) is -0.137. The molecule has 2 aliphatic heterocycles. The number of amides is 2. The van der Waals surface area contributed by atoms with Crippen LogP contribution < -0.4 is 5.73 Å². The average Bonchev–Trinajstić information content (AvgIpc) is 2.97. The summed E-state index contributed by atoms with van der Waals surface area (Å²) >= 11 is 0. The summed E-state index contributed by atoms with van der Waals surface area (Å²) in [5, 5.41) is 4.23. The molecular weight excluding hydrogens is 318 g/mol. The molecule has 0 bridgehead atoms. The molecule has 2 aliphatic rings. The standard InChI is InChI=1S/C18H29N5O2/c1-18(2)11-23(8-7-14(18)19)17(25)13-5-6-15(24)22(4)16(13)12-9-20-21(3)10-12/h9-10,13-14,16H,5-8,11,19H2,1-4H3. The van der Waals surface area contributed by atoms with E-state index in [0.717, 1.165) is 12.0 Å². The lowest BCUT2D eigenvalue weighted by molar-refractivity contribution is -0.148. The molecule has 3 rings (SSSR count). The van der Waals surface area contributed by atoms with Crippen LogP contribution in [-0.4, -0.2) is 57.6 Å². The Kier molecular flexibility index (Phi) is 4.62. The van der Waals surface area contributed by atoms with E-state index in [1.807, 2.05) is 18.1 Å². The summed E-state index contributed by atoms with van der Waals surface area (Å²) < 4.78 is 1.72. The van der Waals surface area contributed by atoms with Crippen molar-refractivity contribution in [2.24, 2.45) is 24.1 Å². The van der Waals surface area contributed by atoms with Crippen LogP contribution in [0.15, 0.2) is 12.4 Å². The Morgan fingerprint density at radius 2 is 2.04 bits per heavy atom. The van der Waals surface area contributed by atoms with E-state index in [2.05, 4.69) is 18.9 Å². The van der Waals surface area contributed by atoms with Crippen LogP contribution in [0.1, 0.15) is 44.7 Å². The highest BCUT2D eigenvalue weighted by molar-refractivity contribution is 5.85. The number of rotatable bonds is 2. The highest BCUT2D eigenvalue weighted by Gasteiger charge is 2.43. The zero-order chi connectivity index (χ0) is 18.4. The lowest BCUT2D eigenvalue weighted by Crippen LogP contribution is -2.56. The van der Waals surface area contributed by atoms with Crippen molar-refractivity contribution < 1.29 is 9.59 Å². The van der Waals surface area contributed by atoms with Crippen molar-refractivity contribution in [3.05, 3.63) is 18.0 Å². The van der Waals surface area contributed by atoms with Crippen LogP contribution in [0.5, 0.6) is 0 Å². The second-order valence-corrected chi connectivity index (χ2v) is 8.19. The van der Waals surface area contributed by atoms with Crippen LogP contribution in [0.2, 0.25) is 0 Å². The Morgan fingerprint density at radius 3 is 2.64 bits per heavy atom. The fraction of sp³-hybridized carbons (Fsp3) is 0.722. The van der Waals surface area contributed by atoms with Crippen molar-refractivity contribution in [2.75, 3.05) is 20.1 Å². The van der Waals surface area contributed by atoms with E-state index in [1.165, 1.54) is 0 Å². The second kappa shape index (κ2) is 6.44. The van der Waals surface area contributed by atoms with Crippen LogP contribution in [0.25, 0.3) is 0 Å². The van der Waals surface area contributed by atoms with E-state index in [9.17, 15) is 9.59 Å². The number of nitrogens with zero attached hydrogens (tertiary/aromatic N) is 4. The molecule has 3 heterocycles. The first-order valence-electron chi connectivity index (χ1n) is 8.99. The van der Waals surface area contributed by atoms with Gasteiger partial charge in [0.1, 0.15) is 0 Å². The average molecular weight is 347 g/mol. The Balaban J connectivity index is 1.85. The minimum absolute atomic E-state index is 0.0823. The van der Waals surface area contributed by atoms with Gasteiger partial charge in [-0.3, -0.25) is 14.3 Å². The van der Waals surface area contributed by atoms with Crippen LogP contribution in [0, 0.1) is 11.3 Å². The summed E-state index contributed by atoms with van der Waals surface area (Å²) in [4.78, 5) is 29.2. The van der Waals surface area contributed by atoms with Gasteiger partial charge in [-0.05, 0) is 18.3 Å². The van der Waals surface area contributed by atoms with Crippen LogP contribution in [-0.2, 0) is 16.6 Å². The van der Waals surface area contributed by atoms with Crippen molar-refractivity contribution in [1.29, 1.82) is 0 Å². The number of piperidine rings is 2. The van der Waals surface area contributed by atoms with Crippen molar-refractivity contribution in [3.8, 4) is 0 Å². The van der Waals surface area contributed by atoms with Gasteiger partial charge in [0.25, 0.3) is 0 Å². The first-order valence-corrected chi connectivity index (χ1v) is 8.99. The van der Waals surface area contributed by atoms with Gasteiger partial charge in [-0.2, -0.15) is 5.10 Å². The van der Waals surface area contributed by atoms with Gasteiger partial charge in [0, 0.05) is 51.4 Å². The predicted octanol–water partition coefficient (Wildman–Crippen LogP) is 0.915. The molecule has 0 spiro atoms. The summed E-state index contributed by atoms with van der Waals surface area (Å²) in [6.07, 6.45) is 5.48. The fourth-order valence-electron chi connectivity index (χ4n) is 4.14. The number of hydrogen-bond donors (Lipinski definition) is 1. The van der Waals surface area contributed by atoms with Crippen LogP contribution in [0.3, 0.4) is 0 Å². The van der Waals surface area contributed by atoms with Crippen LogP contribution >= 0.6 is 0 Å². The Labute approximate surface area is 149 Å². The molecule has 2 fully saturated rings. The predicted molar refractivity (Wildman–Crippen MR) is 94.4 cm³/mol. The molecule has 138 valence electrons. The molecule has 7 nitrogen and oxygen atoms in total. The van der Waals surface area contributed by atoms with Gasteiger partial charge in [0.05, 0.1) is 18.2 Å². The first kappa shape index (κ1) is 17.9. The molecule has 0 saturated carbocycles. The highest BCUT2D eigenvalue weighted by atomic mass is 16.2. The Hall–Kier alpha value is -1.89. The van der Waals surface area contributed by atoms with Gasteiger partial charge in [-0.25, -0.2) is 0 Å². The van der Waals surface area contributed by atoms with E-state index in [-0.39, 0.29) is 35.2 Å². The molecule has 2 saturated heterocycles. The van der Waals surface area contributed by atoms with Crippen molar-refractivity contribution in [1.82, 2.24) is 19.6 Å². The molecule has 3 unspecified atom stereocenters. The van der Waals surface area contributed by atoms with Gasteiger partial charge in [0.15, 0.2) is 0 Å². The molecule has 0 radical (unpaired) electrons. The third-order valence-electron chi connectivity index (χ3n) is 5.87. The lowest BCUT2D eigenvalue weighted by atomic mass is 9.78. The van der Waals surface area contributed by atoms with Gasteiger partial charge < -0.3 is 15.5 Å². The smallest absolute Gasteiger partial charge is 0.228 e. The number of carbonyl (C=O) groups excluding carboxylic acids is 2. The zero-order valence-corrected chi connectivity index (χ0v) is 15.6. The molecule has 7 heteroatoms. The molecule has 1 aromatic rings. The molecular formula is C18H29N5O2. The zero-order valence-electron chi connectivity index (χ0n) is 15.6. The maximum atomic E-state index is 13.3. The third kappa shape index (κ3) is 3.29. The normalized spacial score (nSPS) is 29.8. The molecule has 2 N–H and O–H groups in total. The second-order valence-electron chi connectivity index (χ2n) is 8.19. The molecule has 1 aromatic heterocycles. The topological polar surface area (TPSA) is 84.5 Å². The van der Waals surface area contributed by atoms with E-state index < -0.39 is 0 Å². The number of carbonyl (C=O) groups is 2. The molecule has 25 heavy (non-hydrogen) atoms. The number of hydrogen-bond acceptors (Lipinski definition) is 4. The lowest BCUT2D eigenvalue weighted by Gasteiger charge is -2.46. The largest absolute Gasteiger partial charge is 0.342 e. The summed E-state index contributed by atoms with van der Waals surface area (Å²) in [5.74, 6) is -0.0101. The molecule has 3 atom stereocenters. The van der Waals surface area contributed by atoms with E-state index >= 15 is 0 Å². The number of nitrogens with two attached hydrogens (primary N) is 1. The van der Waals surface area contributed by atoms with Crippen molar-refractivity contribution in [3.63, 3.8) is 0 Å². The van der Waals surface area contributed by atoms with Crippen molar-refractivity contribution >= 4 is 11.8 Å². The van der Waals surface area contributed by atoms with Crippen molar-refractivity contribution in [2.45, 2.75) is 45.2 Å². The number of aromatic nitrogens is 2. The maximum Gasteiger partial charge on any atom is 0.228 e. The molecule has 0 aromatic carbocycles. The monoisotopic (exact) mass is 347 g/mol. The van der Waals surface area contributed by atoms with E-state index in [0.29, 0.717) is 25.9 Å². The van der Waals surface area contributed by atoms with Gasteiger partial charge in [-0.15, -0.1) is 0 Å². The first-order chi connectivity index (χ1) is 11.7. The molecule has 2 amide bonds. The Bertz CT molecular complexity index is 668.